The Morgan fingerprint density at radius 1 is 1.24 bits per heavy atom. The summed E-state index contributed by atoms with van der Waals surface area (Å²) >= 11 is 0. The Morgan fingerprint density at radius 3 is 2.68 bits per heavy atom. The lowest BCUT2D eigenvalue weighted by molar-refractivity contribution is -0.121. The van der Waals surface area contributed by atoms with Gasteiger partial charge in [0.2, 0.25) is 5.91 Å². The number of hydrogen-bond donors (Lipinski definition) is 1. The van der Waals surface area contributed by atoms with Crippen molar-refractivity contribution in [3.05, 3.63) is 23.3 Å². The van der Waals surface area contributed by atoms with Crippen molar-refractivity contribution >= 4 is 5.91 Å². The zero-order valence-electron chi connectivity index (χ0n) is 15.2. The summed E-state index contributed by atoms with van der Waals surface area (Å²) < 4.78 is 16.1. The first-order chi connectivity index (χ1) is 12.2. The zero-order valence-corrected chi connectivity index (χ0v) is 15.2. The molecule has 1 fully saturated rings. The summed E-state index contributed by atoms with van der Waals surface area (Å²) in [6.07, 6.45) is 2.52. The van der Waals surface area contributed by atoms with Crippen molar-refractivity contribution in [2.45, 2.75) is 25.2 Å². The molecule has 1 aromatic carbocycles. The number of amides is 1. The number of fused-ring (bicyclic) bond motifs is 1. The Morgan fingerprint density at radius 2 is 1.96 bits per heavy atom. The maximum Gasteiger partial charge on any atom is 0.220 e. The summed E-state index contributed by atoms with van der Waals surface area (Å²) in [6, 6.07) is 4.08. The van der Waals surface area contributed by atoms with Crippen LogP contribution in [0.3, 0.4) is 0 Å². The Kier molecular flexibility index (Phi) is 6.15. The van der Waals surface area contributed by atoms with E-state index >= 15 is 0 Å². The highest BCUT2D eigenvalue weighted by atomic mass is 16.5. The van der Waals surface area contributed by atoms with E-state index in [2.05, 4.69) is 10.2 Å². The van der Waals surface area contributed by atoms with Crippen LogP contribution in [0.25, 0.3) is 0 Å². The molecule has 25 heavy (non-hydrogen) atoms. The van der Waals surface area contributed by atoms with Crippen LogP contribution >= 0.6 is 0 Å². The SMILES string of the molecule is COc1cc2c(cc1OC)C(CC(=O)NCCN1CCOCC1)CC2. The van der Waals surface area contributed by atoms with E-state index < -0.39 is 0 Å². The first kappa shape index (κ1) is 18.0. The molecule has 3 rings (SSSR count). The molecule has 1 atom stereocenters. The van der Waals surface area contributed by atoms with E-state index in [1.807, 2.05) is 12.1 Å². The number of hydrogen-bond acceptors (Lipinski definition) is 5. The number of nitrogens with zero attached hydrogens (tertiary/aromatic N) is 1. The van der Waals surface area contributed by atoms with Crippen LogP contribution in [-0.4, -0.2) is 64.4 Å². The molecule has 1 aliphatic heterocycles. The predicted molar refractivity (Wildman–Crippen MR) is 95.5 cm³/mol. The molecule has 1 aliphatic carbocycles. The Balaban J connectivity index is 1.51. The van der Waals surface area contributed by atoms with E-state index in [4.69, 9.17) is 14.2 Å². The normalized spacial score (nSPS) is 20.2. The topological polar surface area (TPSA) is 60.0 Å². The van der Waals surface area contributed by atoms with Crippen LogP contribution in [0.1, 0.15) is 29.9 Å². The van der Waals surface area contributed by atoms with Crippen LogP contribution in [0.15, 0.2) is 12.1 Å². The molecule has 0 spiro atoms. The van der Waals surface area contributed by atoms with Gasteiger partial charge in [0.25, 0.3) is 0 Å². The van der Waals surface area contributed by atoms with Gasteiger partial charge in [-0.3, -0.25) is 9.69 Å². The standard InChI is InChI=1S/C19H28N2O4/c1-23-17-11-14-3-4-15(16(14)13-18(17)24-2)12-19(22)20-5-6-21-7-9-25-10-8-21/h11,13,15H,3-10,12H2,1-2H3,(H,20,22). The highest BCUT2D eigenvalue weighted by molar-refractivity contribution is 5.77. The van der Waals surface area contributed by atoms with E-state index in [1.54, 1.807) is 14.2 Å². The minimum Gasteiger partial charge on any atom is -0.493 e. The van der Waals surface area contributed by atoms with Gasteiger partial charge in [0.1, 0.15) is 0 Å². The molecule has 0 saturated carbocycles. The van der Waals surface area contributed by atoms with Gasteiger partial charge in [-0.1, -0.05) is 0 Å². The molecule has 6 heteroatoms. The third-order valence-corrected chi connectivity index (χ3v) is 5.13. The molecule has 0 bridgehead atoms. The number of rotatable bonds is 7. The quantitative estimate of drug-likeness (QED) is 0.811. The van der Waals surface area contributed by atoms with Gasteiger partial charge in [-0.25, -0.2) is 0 Å². The minimum atomic E-state index is 0.126. The number of benzene rings is 1. The van der Waals surface area contributed by atoms with Crippen LogP contribution in [0, 0.1) is 0 Å². The number of carbonyl (C=O) groups is 1. The fourth-order valence-electron chi connectivity index (χ4n) is 3.70. The van der Waals surface area contributed by atoms with Crippen LogP contribution in [0.5, 0.6) is 11.5 Å². The number of nitrogens with one attached hydrogen (secondary N) is 1. The van der Waals surface area contributed by atoms with Gasteiger partial charge in [0, 0.05) is 32.6 Å². The van der Waals surface area contributed by atoms with Gasteiger partial charge in [0.05, 0.1) is 27.4 Å². The van der Waals surface area contributed by atoms with Crippen molar-refractivity contribution in [1.29, 1.82) is 0 Å². The molecule has 1 N–H and O–H groups in total. The number of methoxy groups -OCH3 is 2. The van der Waals surface area contributed by atoms with Gasteiger partial charge in [0.15, 0.2) is 11.5 Å². The van der Waals surface area contributed by atoms with Crippen molar-refractivity contribution in [2.75, 3.05) is 53.6 Å². The second-order valence-corrected chi connectivity index (χ2v) is 6.65. The highest BCUT2D eigenvalue weighted by Crippen LogP contribution is 2.41. The van der Waals surface area contributed by atoms with Crippen LogP contribution in [0.2, 0.25) is 0 Å². The molecule has 6 nitrogen and oxygen atoms in total. The van der Waals surface area contributed by atoms with Crippen molar-refractivity contribution in [3.8, 4) is 11.5 Å². The monoisotopic (exact) mass is 348 g/mol. The summed E-state index contributed by atoms with van der Waals surface area (Å²) in [5.41, 5.74) is 2.49. The Hall–Kier alpha value is -1.79. The molecule has 0 radical (unpaired) electrons. The van der Waals surface area contributed by atoms with E-state index in [0.29, 0.717) is 13.0 Å². The first-order valence-electron chi connectivity index (χ1n) is 9.03. The van der Waals surface area contributed by atoms with Gasteiger partial charge in [-0.05, 0) is 42.0 Å². The number of aryl methyl sites for hydroxylation is 1. The van der Waals surface area contributed by atoms with Gasteiger partial charge < -0.3 is 19.5 Å². The number of ether oxygens (including phenoxy) is 3. The zero-order chi connectivity index (χ0) is 17.6. The van der Waals surface area contributed by atoms with E-state index in [0.717, 1.165) is 57.2 Å². The van der Waals surface area contributed by atoms with Gasteiger partial charge in [-0.2, -0.15) is 0 Å². The average Bonchev–Trinajstić information content (AvgIpc) is 3.03. The van der Waals surface area contributed by atoms with Crippen molar-refractivity contribution in [2.24, 2.45) is 0 Å². The molecule has 0 aromatic heterocycles. The maximum absolute atomic E-state index is 12.3. The second-order valence-electron chi connectivity index (χ2n) is 6.65. The molecule has 1 heterocycles. The van der Waals surface area contributed by atoms with E-state index in [9.17, 15) is 4.79 Å². The van der Waals surface area contributed by atoms with Crippen molar-refractivity contribution in [3.63, 3.8) is 0 Å². The van der Waals surface area contributed by atoms with Crippen molar-refractivity contribution < 1.29 is 19.0 Å². The second kappa shape index (κ2) is 8.54. The Labute approximate surface area is 149 Å². The highest BCUT2D eigenvalue weighted by Gasteiger charge is 2.27. The molecular weight excluding hydrogens is 320 g/mol. The van der Waals surface area contributed by atoms with Crippen LogP contribution in [0.4, 0.5) is 0 Å². The van der Waals surface area contributed by atoms with Gasteiger partial charge in [-0.15, -0.1) is 0 Å². The lowest BCUT2D eigenvalue weighted by Gasteiger charge is -2.26. The predicted octanol–water partition coefficient (Wildman–Crippen LogP) is 1.57. The van der Waals surface area contributed by atoms with E-state index in [1.165, 1.54) is 11.1 Å². The number of carbonyl (C=O) groups excluding carboxylic acids is 1. The largest absolute Gasteiger partial charge is 0.493 e. The van der Waals surface area contributed by atoms with Gasteiger partial charge >= 0.3 is 0 Å². The summed E-state index contributed by atoms with van der Waals surface area (Å²) in [5, 5.41) is 3.06. The summed E-state index contributed by atoms with van der Waals surface area (Å²) in [6.45, 7) is 5.07. The fraction of sp³-hybridized carbons (Fsp3) is 0.632. The minimum absolute atomic E-state index is 0.126. The summed E-state index contributed by atoms with van der Waals surface area (Å²) in [7, 11) is 3.30. The summed E-state index contributed by atoms with van der Waals surface area (Å²) in [4.78, 5) is 14.6. The Bertz CT molecular complexity index is 599. The fourth-order valence-corrected chi connectivity index (χ4v) is 3.70. The molecule has 1 unspecified atom stereocenters. The molecule has 138 valence electrons. The third-order valence-electron chi connectivity index (χ3n) is 5.13. The molecular formula is C19H28N2O4. The van der Waals surface area contributed by atoms with E-state index in [-0.39, 0.29) is 11.8 Å². The number of morpholine rings is 1. The lowest BCUT2D eigenvalue weighted by atomic mass is 9.97. The molecule has 1 aromatic rings. The third kappa shape index (κ3) is 4.44. The lowest BCUT2D eigenvalue weighted by Crippen LogP contribution is -2.41. The first-order valence-corrected chi connectivity index (χ1v) is 9.03. The molecule has 2 aliphatic rings. The smallest absolute Gasteiger partial charge is 0.220 e. The average molecular weight is 348 g/mol. The van der Waals surface area contributed by atoms with Crippen molar-refractivity contribution in [1.82, 2.24) is 10.2 Å². The van der Waals surface area contributed by atoms with Crippen LogP contribution < -0.4 is 14.8 Å². The molecule has 1 saturated heterocycles. The van der Waals surface area contributed by atoms with Crippen LogP contribution in [-0.2, 0) is 16.0 Å². The summed E-state index contributed by atoms with van der Waals surface area (Å²) in [5.74, 6) is 1.89. The molecule has 1 amide bonds. The maximum atomic E-state index is 12.3.